The Labute approximate surface area is 120 Å². The number of carbonyl (C=O) groups excluding carboxylic acids is 1. The Morgan fingerprint density at radius 1 is 1.26 bits per heavy atom. The predicted molar refractivity (Wildman–Crippen MR) is 78.7 cm³/mol. The molecule has 1 N–H and O–H groups in total. The molecule has 0 atom stereocenters. The third-order valence-corrected chi connectivity index (χ3v) is 3.91. The number of nitrogens with one attached hydrogen (secondary N) is 1. The van der Waals surface area contributed by atoms with Crippen LogP contribution in [0.3, 0.4) is 0 Å². The first-order valence-electron chi connectivity index (χ1n) is 6.54. The molecule has 4 nitrogen and oxygen atoms in total. The minimum Gasteiger partial charge on any atom is -0.373 e. The van der Waals surface area contributed by atoms with Crippen molar-refractivity contribution < 1.29 is 4.79 Å². The summed E-state index contributed by atoms with van der Waals surface area (Å²) in [6.45, 7) is 4.15. The van der Waals surface area contributed by atoms with Gasteiger partial charge in [0, 0.05) is 45.5 Å². The van der Waals surface area contributed by atoms with Crippen molar-refractivity contribution in [2.24, 2.45) is 5.92 Å². The van der Waals surface area contributed by atoms with Crippen molar-refractivity contribution in [3.05, 3.63) is 29.8 Å². The number of rotatable bonds is 1. The first-order chi connectivity index (χ1) is 8.75. The zero-order chi connectivity index (χ0) is 12.5. The average Bonchev–Trinajstić information content (AvgIpc) is 2.47. The molecule has 1 aromatic rings. The van der Waals surface area contributed by atoms with E-state index < -0.39 is 0 Å². The van der Waals surface area contributed by atoms with E-state index in [0.717, 1.165) is 32.7 Å². The molecule has 0 aliphatic carbocycles. The van der Waals surface area contributed by atoms with Gasteiger partial charge in [-0.3, -0.25) is 4.79 Å². The second-order valence-corrected chi connectivity index (χ2v) is 5.17. The van der Waals surface area contributed by atoms with Gasteiger partial charge in [0.05, 0.1) is 5.92 Å². The number of likely N-dealkylation sites (N-methyl/N-ethyl adjacent to an activating group) is 1. The second-order valence-electron chi connectivity index (χ2n) is 5.17. The molecule has 1 fully saturated rings. The maximum absolute atomic E-state index is 12.3. The van der Waals surface area contributed by atoms with Gasteiger partial charge in [-0.25, -0.2) is 0 Å². The van der Waals surface area contributed by atoms with Gasteiger partial charge in [-0.05, 0) is 11.6 Å². The number of hydrogen-bond donors (Lipinski definition) is 1. The molecule has 3 rings (SSSR count). The molecule has 2 aliphatic rings. The summed E-state index contributed by atoms with van der Waals surface area (Å²) < 4.78 is 0. The van der Waals surface area contributed by atoms with Crippen molar-refractivity contribution in [2.75, 3.05) is 38.1 Å². The lowest BCUT2D eigenvalue weighted by Gasteiger charge is -2.31. The van der Waals surface area contributed by atoms with Gasteiger partial charge in [0.25, 0.3) is 0 Å². The summed E-state index contributed by atoms with van der Waals surface area (Å²) in [5.41, 5.74) is 2.50. The van der Waals surface area contributed by atoms with Gasteiger partial charge in [-0.2, -0.15) is 0 Å². The van der Waals surface area contributed by atoms with Crippen molar-refractivity contribution in [3.63, 3.8) is 0 Å². The molecule has 0 unspecified atom stereocenters. The fourth-order valence-corrected chi connectivity index (χ4v) is 2.60. The number of benzene rings is 1. The third-order valence-electron chi connectivity index (χ3n) is 3.91. The molecule has 19 heavy (non-hydrogen) atoms. The number of carbonyl (C=O) groups is 1. The van der Waals surface area contributed by atoms with Crippen LogP contribution in [-0.4, -0.2) is 44.0 Å². The fourth-order valence-electron chi connectivity index (χ4n) is 2.60. The number of hydrogen-bond acceptors (Lipinski definition) is 3. The van der Waals surface area contributed by atoms with Crippen molar-refractivity contribution in [3.8, 4) is 0 Å². The Kier molecular flexibility index (Phi) is 4.32. The van der Waals surface area contributed by atoms with Crippen molar-refractivity contribution in [2.45, 2.75) is 6.54 Å². The van der Waals surface area contributed by atoms with Gasteiger partial charge in [0.1, 0.15) is 0 Å². The lowest BCUT2D eigenvalue weighted by atomic mass is 10.0. The molecule has 1 saturated heterocycles. The molecule has 0 aromatic heterocycles. The van der Waals surface area contributed by atoms with E-state index in [4.69, 9.17) is 0 Å². The minimum atomic E-state index is 0. The Morgan fingerprint density at radius 2 is 2.00 bits per heavy atom. The van der Waals surface area contributed by atoms with E-state index in [1.54, 1.807) is 0 Å². The van der Waals surface area contributed by atoms with Crippen LogP contribution in [-0.2, 0) is 11.3 Å². The van der Waals surface area contributed by atoms with Crippen LogP contribution in [0.5, 0.6) is 0 Å². The molecule has 0 radical (unpaired) electrons. The SMILES string of the molecule is CN1CCN(C(=O)C2CNC2)Cc2ccccc21.Cl. The molecule has 1 aromatic carbocycles. The van der Waals surface area contributed by atoms with Gasteiger partial charge in [-0.15, -0.1) is 12.4 Å². The molecular formula is C14H20ClN3O. The van der Waals surface area contributed by atoms with Gasteiger partial charge < -0.3 is 15.1 Å². The summed E-state index contributed by atoms with van der Waals surface area (Å²) in [6.07, 6.45) is 0. The van der Waals surface area contributed by atoms with Crippen LogP contribution in [0.1, 0.15) is 5.56 Å². The zero-order valence-electron chi connectivity index (χ0n) is 11.1. The van der Waals surface area contributed by atoms with E-state index in [0.29, 0.717) is 5.91 Å². The smallest absolute Gasteiger partial charge is 0.228 e. The monoisotopic (exact) mass is 281 g/mol. The number of para-hydroxylation sites is 1. The zero-order valence-corrected chi connectivity index (χ0v) is 11.9. The highest BCUT2D eigenvalue weighted by molar-refractivity contribution is 5.85. The first-order valence-corrected chi connectivity index (χ1v) is 6.54. The van der Waals surface area contributed by atoms with E-state index in [1.165, 1.54) is 11.3 Å². The standard InChI is InChI=1S/C14H19N3O.ClH/c1-16-6-7-17(14(18)12-8-15-9-12)10-11-4-2-3-5-13(11)16;/h2-5,12,15H,6-10H2,1H3;1H. The maximum Gasteiger partial charge on any atom is 0.228 e. The van der Waals surface area contributed by atoms with Crippen LogP contribution in [0.4, 0.5) is 5.69 Å². The van der Waals surface area contributed by atoms with E-state index in [1.807, 2.05) is 11.0 Å². The van der Waals surface area contributed by atoms with Crippen LogP contribution in [0, 0.1) is 5.92 Å². The molecule has 5 heteroatoms. The summed E-state index contributed by atoms with van der Waals surface area (Å²) >= 11 is 0. The fraction of sp³-hybridized carbons (Fsp3) is 0.500. The van der Waals surface area contributed by atoms with E-state index >= 15 is 0 Å². The number of anilines is 1. The van der Waals surface area contributed by atoms with Gasteiger partial charge in [0.15, 0.2) is 0 Å². The number of fused-ring (bicyclic) bond motifs is 1. The molecule has 2 heterocycles. The topological polar surface area (TPSA) is 35.6 Å². The normalized spacial score (nSPS) is 19.0. The summed E-state index contributed by atoms with van der Waals surface area (Å²) in [7, 11) is 2.09. The van der Waals surface area contributed by atoms with Crippen molar-refractivity contribution in [1.82, 2.24) is 10.2 Å². The van der Waals surface area contributed by atoms with Crippen molar-refractivity contribution in [1.29, 1.82) is 0 Å². The summed E-state index contributed by atoms with van der Waals surface area (Å²) in [4.78, 5) is 16.6. The highest BCUT2D eigenvalue weighted by Crippen LogP contribution is 2.24. The van der Waals surface area contributed by atoms with Gasteiger partial charge in [0.2, 0.25) is 5.91 Å². The summed E-state index contributed by atoms with van der Waals surface area (Å²) in [6, 6.07) is 8.36. The van der Waals surface area contributed by atoms with E-state index in [2.05, 4.69) is 35.5 Å². The maximum atomic E-state index is 12.3. The lowest BCUT2D eigenvalue weighted by molar-refractivity contribution is -0.137. The molecule has 2 aliphatic heterocycles. The molecule has 0 bridgehead atoms. The second kappa shape index (κ2) is 5.80. The largest absolute Gasteiger partial charge is 0.373 e. The van der Waals surface area contributed by atoms with Crippen LogP contribution < -0.4 is 10.2 Å². The lowest BCUT2D eigenvalue weighted by Crippen LogP contribution is -2.52. The number of nitrogens with zero attached hydrogens (tertiary/aromatic N) is 2. The Balaban J connectivity index is 0.00000133. The minimum absolute atomic E-state index is 0. The first kappa shape index (κ1) is 14.2. The molecule has 1 amide bonds. The Morgan fingerprint density at radius 3 is 2.68 bits per heavy atom. The van der Waals surface area contributed by atoms with Crippen LogP contribution in [0.2, 0.25) is 0 Å². The van der Waals surface area contributed by atoms with Gasteiger partial charge in [-0.1, -0.05) is 18.2 Å². The highest BCUT2D eigenvalue weighted by atomic mass is 35.5. The summed E-state index contributed by atoms with van der Waals surface area (Å²) in [5, 5.41) is 3.17. The van der Waals surface area contributed by atoms with E-state index in [-0.39, 0.29) is 18.3 Å². The summed E-state index contributed by atoms with van der Waals surface area (Å²) in [5.74, 6) is 0.499. The number of halogens is 1. The van der Waals surface area contributed by atoms with Crippen molar-refractivity contribution >= 4 is 24.0 Å². The van der Waals surface area contributed by atoms with Crippen LogP contribution in [0.15, 0.2) is 24.3 Å². The van der Waals surface area contributed by atoms with Gasteiger partial charge >= 0.3 is 0 Å². The highest BCUT2D eigenvalue weighted by Gasteiger charge is 2.30. The predicted octanol–water partition coefficient (Wildman–Crippen LogP) is 1.11. The Bertz CT molecular complexity index is 462. The molecule has 0 spiro atoms. The van der Waals surface area contributed by atoms with Crippen LogP contribution >= 0.6 is 12.4 Å². The van der Waals surface area contributed by atoms with Crippen LogP contribution in [0.25, 0.3) is 0 Å². The molecule has 104 valence electrons. The average molecular weight is 282 g/mol. The Hall–Kier alpha value is -1.26. The molecular weight excluding hydrogens is 262 g/mol. The third kappa shape index (κ3) is 2.69. The quantitative estimate of drug-likeness (QED) is 0.838. The van der Waals surface area contributed by atoms with E-state index in [9.17, 15) is 4.79 Å². The molecule has 0 saturated carbocycles. The number of amides is 1.